The third kappa shape index (κ3) is 5.57. The lowest BCUT2D eigenvalue weighted by Gasteiger charge is -2.15. The minimum atomic E-state index is -4.78. The number of aliphatic hydroxyl groups excluding tert-OH is 1. The summed E-state index contributed by atoms with van der Waals surface area (Å²) in [5.74, 6) is -1.22. The van der Waals surface area contributed by atoms with E-state index in [0.717, 1.165) is 12.1 Å². The zero-order valence-electron chi connectivity index (χ0n) is 16.1. The molecule has 0 spiro atoms. The van der Waals surface area contributed by atoms with Gasteiger partial charge in [-0.05, 0) is 36.8 Å². The van der Waals surface area contributed by atoms with E-state index in [9.17, 15) is 27.5 Å². The first kappa shape index (κ1) is 22.2. The van der Waals surface area contributed by atoms with Crippen molar-refractivity contribution in [3.63, 3.8) is 0 Å². The Labute approximate surface area is 173 Å². The number of benzene rings is 2. The summed E-state index contributed by atoms with van der Waals surface area (Å²) in [5.41, 5.74) is 1.16. The Morgan fingerprint density at radius 1 is 1.13 bits per heavy atom. The van der Waals surface area contributed by atoms with E-state index in [0.29, 0.717) is 17.1 Å². The molecule has 0 aliphatic carbocycles. The van der Waals surface area contributed by atoms with E-state index in [1.165, 1.54) is 54.3 Å². The van der Waals surface area contributed by atoms with Gasteiger partial charge in [0.05, 0.1) is 12.3 Å². The lowest BCUT2D eigenvalue weighted by molar-refractivity contribution is -0.274. The van der Waals surface area contributed by atoms with Crippen LogP contribution in [-0.4, -0.2) is 45.0 Å². The molecule has 0 aliphatic rings. The molecule has 0 saturated carbocycles. The first-order valence-corrected chi connectivity index (χ1v) is 9.05. The maximum Gasteiger partial charge on any atom is 0.573 e. The van der Waals surface area contributed by atoms with Crippen LogP contribution < -0.4 is 4.74 Å². The summed E-state index contributed by atoms with van der Waals surface area (Å²) in [6, 6.07) is 11.0. The quantitative estimate of drug-likeness (QED) is 0.446. The number of aliphatic hydroxyl groups is 1. The molecule has 2 atom stereocenters. The molecule has 11 heteroatoms. The Morgan fingerprint density at radius 3 is 2.35 bits per heavy atom. The lowest BCUT2D eigenvalue weighted by atomic mass is 10.0. The highest BCUT2D eigenvalue weighted by Crippen LogP contribution is 2.25. The van der Waals surface area contributed by atoms with E-state index in [-0.39, 0.29) is 17.9 Å². The molecule has 7 nitrogen and oxygen atoms in total. The highest BCUT2D eigenvalue weighted by Gasteiger charge is 2.31. The van der Waals surface area contributed by atoms with E-state index in [2.05, 4.69) is 19.6 Å². The summed E-state index contributed by atoms with van der Waals surface area (Å²) in [7, 11) is 0. The van der Waals surface area contributed by atoms with Crippen LogP contribution >= 0.6 is 0 Å². The van der Waals surface area contributed by atoms with Gasteiger partial charge in [-0.2, -0.15) is 0 Å². The van der Waals surface area contributed by atoms with E-state index < -0.39 is 24.6 Å². The van der Waals surface area contributed by atoms with E-state index in [1.807, 2.05) is 0 Å². The third-order valence-corrected chi connectivity index (χ3v) is 4.13. The Morgan fingerprint density at radius 2 is 1.77 bits per heavy atom. The topological polar surface area (TPSA) is 86.5 Å². The molecule has 2 unspecified atom stereocenters. The molecule has 0 aliphatic heterocycles. The molecule has 0 bridgehead atoms. The molecule has 1 N–H and O–H groups in total. The number of hydrogen-bond donors (Lipinski definition) is 1. The smallest absolute Gasteiger partial charge is 0.464 e. The summed E-state index contributed by atoms with van der Waals surface area (Å²) >= 11 is 0. The van der Waals surface area contributed by atoms with Crippen molar-refractivity contribution >= 4 is 5.97 Å². The van der Waals surface area contributed by atoms with Crippen molar-refractivity contribution in [3.05, 3.63) is 60.4 Å². The molecule has 2 aromatic carbocycles. The fraction of sp³-hybridized carbons (Fsp3) is 0.250. The lowest BCUT2D eigenvalue weighted by Crippen LogP contribution is -2.26. The van der Waals surface area contributed by atoms with Gasteiger partial charge in [-0.1, -0.05) is 24.3 Å². The van der Waals surface area contributed by atoms with Gasteiger partial charge in [-0.25, -0.2) is 18.9 Å². The van der Waals surface area contributed by atoms with Crippen molar-refractivity contribution in [2.24, 2.45) is 0 Å². The summed E-state index contributed by atoms with van der Waals surface area (Å²) in [6.45, 7) is 1.53. The van der Waals surface area contributed by atoms with Crippen LogP contribution in [0.1, 0.15) is 18.6 Å². The van der Waals surface area contributed by atoms with Crippen molar-refractivity contribution in [2.45, 2.75) is 25.6 Å². The number of ether oxygens (including phenoxy) is 2. The van der Waals surface area contributed by atoms with Gasteiger partial charge in [-0.3, -0.25) is 0 Å². The van der Waals surface area contributed by atoms with Crippen molar-refractivity contribution < 1.29 is 36.9 Å². The van der Waals surface area contributed by atoms with E-state index in [1.54, 1.807) is 0 Å². The summed E-state index contributed by atoms with van der Waals surface area (Å²) < 4.78 is 60.4. The molecular weight excluding hydrogens is 422 g/mol. The van der Waals surface area contributed by atoms with Gasteiger partial charge >= 0.3 is 12.3 Å². The standard InChI is InChI=1S/C20H17F4N3O4/c1-2-30-19(29)16(21)17(28)12-3-5-13(6-4-12)18-25-11-27(26-18)14-7-9-15(10-8-14)31-20(22,23)24/h3-11,16-17,28H,2H2,1H3. The van der Waals surface area contributed by atoms with Gasteiger partial charge in [0.1, 0.15) is 18.2 Å². The van der Waals surface area contributed by atoms with Crippen LogP contribution in [0.3, 0.4) is 0 Å². The number of hydrogen-bond acceptors (Lipinski definition) is 6. The highest BCUT2D eigenvalue weighted by atomic mass is 19.4. The van der Waals surface area contributed by atoms with Crippen molar-refractivity contribution in [1.82, 2.24) is 14.8 Å². The molecule has 31 heavy (non-hydrogen) atoms. The van der Waals surface area contributed by atoms with Gasteiger partial charge in [-0.15, -0.1) is 18.3 Å². The number of halogens is 4. The molecular formula is C20H17F4N3O4. The molecule has 1 aromatic heterocycles. The fourth-order valence-electron chi connectivity index (χ4n) is 2.67. The Balaban J connectivity index is 1.72. The fourth-order valence-corrected chi connectivity index (χ4v) is 2.67. The molecule has 0 radical (unpaired) electrons. The zero-order valence-corrected chi connectivity index (χ0v) is 16.1. The van der Waals surface area contributed by atoms with Gasteiger partial charge in [0.2, 0.25) is 6.17 Å². The molecule has 0 saturated heterocycles. The SMILES string of the molecule is CCOC(=O)C(F)C(O)c1ccc(-c2ncn(-c3ccc(OC(F)(F)F)cc3)n2)cc1. The van der Waals surface area contributed by atoms with Crippen LogP contribution in [0, 0.1) is 0 Å². The Hall–Kier alpha value is -3.47. The van der Waals surface area contributed by atoms with Crippen LogP contribution in [-0.2, 0) is 9.53 Å². The van der Waals surface area contributed by atoms with Gasteiger partial charge in [0.25, 0.3) is 0 Å². The third-order valence-electron chi connectivity index (χ3n) is 4.13. The molecule has 1 heterocycles. The van der Waals surface area contributed by atoms with Crippen molar-refractivity contribution in [3.8, 4) is 22.8 Å². The first-order valence-electron chi connectivity index (χ1n) is 9.05. The van der Waals surface area contributed by atoms with Crippen LogP contribution in [0.5, 0.6) is 5.75 Å². The summed E-state index contributed by atoms with van der Waals surface area (Å²) in [4.78, 5) is 15.6. The predicted molar refractivity (Wildman–Crippen MR) is 100.0 cm³/mol. The highest BCUT2D eigenvalue weighted by molar-refractivity contribution is 5.75. The molecule has 0 amide bonds. The minimum absolute atomic E-state index is 0.00266. The predicted octanol–water partition coefficient (Wildman–Crippen LogP) is 3.77. The number of esters is 1. The van der Waals surface area contributed by atoms with Crippen molar-refractivity contribution in [2.75, 3.05) is 6.61 Å². The number of alkyl halides is 4. The monoisotopic (exact) mass is 439 g/mol. The largest absolute Gasteiger partial charge is 0.573 e. The maximum absolute atomic E-state index is 14.0. The summed E-state index contributed by atoms with van der Waals surface area (Å²) in [5, 5.41) is 14.3. The van der Waals surface area contributed by atoms with Gasteiger partial charge in [0, 0.05) is 5.56 Å². The Bertz CT molecular complexity index is 1020. The molecule has 164 valence electrons. The number of nitrogens with zero attached hydrogens (tertiary/aromatic N) is 3. The summed E-state index contributed by atoms with van der Waals surface area (Å²) in [6.07, 6.45) is -7.31. The second-order valence-corrected chi connectivity index (χ2v) is 6.28. The van der Waals surface area contributed by atoms with Gasteiger partial charge < -0.3 is 14.6 Å². The van der Waals surface area contributed by atoms with Crippen LogP contribution in [0.15, 0.2) is 54.9 Å². The number of rotatable bonds is 7. The van der Waals surface area contributed by atoms with Crippen LogP contribution in [0.4, 0.5) is 17.6 Å². The number of aromatic nitrogens is 3. The number of carbonyl (C=O) groups is 1. The van der Waals surface area contributed by atoms with Gasteiger partial charge in [0.15, 0.2) is 5.82 Å². The normalized spacial score (nSPS) is 13.5. The molecule has 3 rings (SSSR count). The minimum Gasteiger partial charge on any atom is -0.464 e. The second kappa shape index (κ2) is 9.13. The zero-order chi connectivity index (χ0) is 22.6. The Kier molecular flexibility index (Phi) is 6.54. The number of carbonyl (C=O) groups excluding carboxylic acids is 1. The van der Waals surface area contributed by atoms with Crippen LogP contribution in [0.25, 0.3) is 17.1 Å². The van der Waals surface area contributed by atoms with Crippen molar-refractivity contribution in [1.29, 1.82) is 0 Å². The van der Waals surface area contributed by atoms with E-state index >= 15 is 0 Å². The maximum atomic E-state index is 14.0. The first-order chi connectivity index (χ1) is 14.7. The molecule has 3 aromatic rings. The second-order valence-electron chi connectivity index (χ2n) is 6.28. The molecule has 0 fully saturated rings. The average molecular weight is 439 g/mol. The average Bonchev–Trinajstić information content (AvgIpc) is 3.22. The van der Waals surface area contributed by atoms with Crippen LogP contribution in [0.2, 0.25) is 0 Å². The van der Waals surface area contributed by atoms with E-state index in [4.69, 9.17) is 0 Å².